The summed E-state index contributed by atoms with van der Waals surface area (Å²) in [5.41, 5.74) is 1.43. The molecule has 0 aliphatic heterocycles. The van der Waals surface area contributed by atoms with Gasteiger partial charge in [0.15, 0.2) is 0 Å². The van der Waals surface area contributed by atoms with Crippen molar-refractivity contribution < 1.29 is 4.79 Å². The van der Waals surface area contributed by atoms with E-state index in [4.69, 9.17) is 0 Å². The third kappa shape index (κ3) is 2.03. The minimum absolute atomic E-state index is 0.0421. The van der Waals surface area contributed by atoms with Crippen LogP contribution in [0.2, 0.25) is 0 Å². The number of carbonyl (C=O) groups excluding carboxylic acids is 1. The van der Waals surface area contributed by atoms with E-state index in [1.165, 1.54) is 11.3 Å². The van der Waals surface area contributed by atoms with Gasteiger partial charge in [-0.15, -0.1) is 11.3 Å². The van der Waals surface area contributed by atoms with E-state index < -0.39 is 0 Å². The average Bonchev–Trinajstić information content (AvgIpc) is 2.97. The monoisotopic (exact) mass is 289 g/mol. The largest absolute Gasteiger partial charge is 0.288 e. The molecule has 0 spiro atoms. The highest BCUT2D eigenvalue weighted by atomic mass is 32.1. The zero-order chi connectivity index (χ0) is 14.2. The molecule has 0 aliphatic carbocycles. The summed E-state index contributed by atoms with van der Waals surface area (Å²) >= 11 is 1.53. The molecule has 21 heavy (non-hydrogen) atoms. The smallest absolute Gasteiger partial charge is 0.205 e. The van der Waals surface area contributed by atoms with E-state index in [0.717, 1.165) is 25.9 Å². The summed E-state index contributed by atoms with van der Waals surface area (Å²) in [6, 6.07) is 19.6. The first-order chi connectivity index (χ1) is 10.3. The highest BCUT2D eigenvalue weighted by Crippen LogP contribution is 2.28. The number of thiophene rings is 1. The topological polar surface area (TPSA) is 30.0 Å². The van der Waals surface area contributed by atoms with Gasteiger partial charge >= 0.3 is 0 Å². The predicted octanol–water partition coefficient (Wildman–Crippen LogP) is 4.68. The molecule has 0 bridgehead atoms. The minimum atomic E-state index is 0.0421. The molecule has 4 aromatic rings. The molecule has 0 saturated carbocycles. The summed E-state index contributed by atoms with van der Waals surface area (Å²) in [5.74, 6) is 0.0421. The fourth-order valence-corrected chi connectivity index (χ4v) is 3.53. The SMILES string of the molecule is O=C(c1cc2ccccc2s1)c1cccc2cccnc12. The number of fused-ring (bicyclic) bond motifs is 2. The molecule has 2 nitrogen and oxygen atoms in total. The summed E-state index contributed by atoms with van der Waals surface area (Å²) < 4.78 is 1.13. The van der Waals surface area contributed by atoms with Crippen LogP contribution in [0.1, 0.15) is 15.2 Å². The molecule has 100 valence electrons. The van der Waals surface area contributed by atoms with Crippen LogP contribution >= 0.6 is 11.3 Å². The molecular formula is C18H11NOS. The zero-order valence-electron chi connectivity index (χ0n) is 11.1. The fourth-order valence-electron chi connectivity index (χ4n) is 2.51. The van der Waals surface area contributed by atoms with Gasteiger partial charge in [-0.25, -0.2) is 0 Å². The Hall–Kier alpha value is -2.52. The number of pyridine rings is 1. The molecule has 0 N–H and O–H groups in total. The molecule has 0 saturated heterocycles. The molecule has 3 heteroatoms. The second kappa shape index (κ2) is 4.79. The maximum atomic E-state index is 12.8. The quantitative estimate of drug-likeness (QED) is 0.501. The number of hydrogen-bond donors (Lipinski definition) is 0. The number of benzene rings is 2. The third-order valence-electron chi connectivity index (χ3n) is 3.53. The fraction of sp³-hybridized carbons (Fsp3) is 0. The van der Waals surface area contributed by atoms with E-state index >= 15 is 0 Å². The number of para-hydroxylation sites is 1. The van der Waals surface area contributed by atoms with Crippen LogP contribution < -0.4 is 0 Å². The van der Waals surface area contributed by atoms with Gasteiger partial charge in [0.05, 0.1) is 10.4 Å². The Bertz CT molecular complexity index is 933. The number of hydrogen-bond acceptors (Lipinski definition) is 3. The number of ketones is 1. The van der Waals surface area contributed by atoms with Crippen molar-refractivity contribution >= 4 is 38.1 Å². The lowest BCUT2D eigenvalue weighted by molar-refractivity contribution is 0.104. The summed E-state index contributed by atoms with van der Waals surface area (Å²) in [6.45, 7) is 0. The Morgan fingerprint density at radius 3 is 2.62 bits per heavy atom. The molecule has 2 aromatic carbocycles. The maximum absolute atomic E-state index is 12.8. The predicted molar refractivity (Wildman–Crippen MR) is 87.0 cm³/mol. The normalized spacial score (nSPS) is 11.0. The highest BCUT2D eigenvalue weighted by molar-refractivity contribution is 7.21. The Labute approximate surface area is 125 Å². The second-order valence-corrected chi connectivity index (χ2v) is 5.94. The van der Waals surface area contributed by atoms with Crippen LogP contribution in [-0.4, -0.2) is 10.8 Å². The molecular weight excluding hydrogens is 278 g/mol. The van der Waals surface area contributed by atoms with Gasteiger partial charge in [-0.1, -0.05) is 36.4 Å². The summed E-state index contributed by atoms with van der Waals surface area (Å²) in [5, 5.41) is 2.10. The highest BCUT2D eigenvalue weighted by Gasteiger charge is 2.15. The van der Waals surface area contributed by atoms with E-state index in [-0.39, 0.29) is 5.78 Å². The van der Waals surface area contributed by atoms with Crippen molar-refractivity contribution in [2.24, 2.45) is 0 Å². The molecule has 2 aromatic heterocycles. The van der Waals surface area contributed by atoms with Crippen molar-refractivity contribution in [3.05, 3.63) is 77.3 Å². The molecule has 0 atom stereocenters. The van der Waals surface area contributed by atoms with Gasteiger partial charge in [-0.2, -0.15) is 0 Å². The lowest BCUT2D eigenvalue weighted by Gasteiger charge is -2.02. The Kier molecular flexibility index (Phi) is 2.79. The second-order valence-electron chi connectivity index (χ2n) is 4.86. The first-order valence-electron chi connectivity index (χ1n) is 6.70. The van der Waals surface area contributed by atoms with Gasteiger partial charge in [0.2, 0.25) is 5.78 Å². The van der Waals surface area contributed by atoms with Crippen LogP contribution in [0.15, 0.2) is 66.9 Å². The molecule has 2 heterocycles. The van der Waals surface area contributed by atoms with Gasteiger partial charge in [-0.3, -0.25) is 9.78 Å². The van der Waals surface area contributed by atoms with Crippen LogP contribution in [0.5, 0.6) is 0 Å². The van der Waals surface area contributed by atoms with Gasteiger partial charge in [0, 0.05) is 21.8 Å². The van der Waals surface area contributed by atoms with E-state index in [9.17, 15) is 4.79 Å². The molecule has 0 fully saturated rings. The number of aromatic nitrogens is 1. The maximum Gasteiger partial charge on any atom is 0.205 e. The Balaban J connectivity index is 1.90. The first-order valence-corrected chi connectivity index (χ1v) is 7.51. The lowest BCUT2D eigenvalue weighted by atomic mass is 10.0. The van der Waals surface area contributed by atoms with Crippen molar-refractivity contribution in [3.8, 4) is 0 Å². The van der Waals surface area contributed by atoms with Gasteiger partial charge in [0.25, 0.3) is 0 Å². The summed E-state index contributed by atoms with van der Waals surface area (Å²) in [7, 11) is 0. The van der Waals surface area contributed by atoms with Crippen molar-refractivity contribution in [2.45, 2.75) is 0 Å². The van der Waals surface area contributed by atoms with E-state index in [1.54, 1.807) is 6.20 Å². The third-order valence-corrected chi connectivity index (χ3v) is 4.64. The first kappa shape index (κ1) is 12.2. The van der Waals surface area contributed by atoms with Crippen LogP contribution in [0.3, 0.4) is 0 Å². The summed E-state index contributed by atoms with van der Waals surface area (Å²) in [4.78, 5) is 17.9. The van der Waals surface area contributed by atoms with Crippen molar-refractivity contribution in [3.63, 3.8) is 0 Å². The van der Waals surface area contributed by atoms with E-state index in [0.29, 0.717) is 5.56 Å². The van der Waals surface area contributed by atoms with E-state index in [2.05, 4.69) is 4.98 Å². The van der Waals surface area contributed by atoms with Crippen molar-refractivity contribution in [1.29, 1.82) is 0 Å². The van der Waals surface area contributed by atoms with Crippen LogP contribution in [-0.2, 0) is 0 Å². The molecule has 0 radical (unpaired) electrons. The zero-order valence-corrected chi connectivity index (χ0v) is 11.9. The van der Waals surface area contributed by atoms with Crippen LogP contribution in [0.25, 0.3) is 21.0 Å². The molecule has 0 aliphatic rings. The Morgan fingerprint density at radius 1 is 0.905 bits per heavy atom. The lowest BCUT2D eigenvalue weighted by Crippen LogP contribution is -2.00. The van der Waals surface area contributed by atoms with E-state index in [1.807, 2.05) is 60.7 Å². The molecule has 0 unspecified atom stereocenters. The number of rotatable bonds is 2. The average molecular weight is 289 g/mol. The number of carbonyl (C=O) groups is 1. The van der Waals surface area contributed by atoms with Gasteiger partial charge in [0.1, 0.15) is 0 Å². The molecule has 4 rings (SSSR count). The van der Waals surface area contributed by atoms with Crippen molar-refractivity contribution in [1.82, 2.24) is 4.98 Å². The Morgan fingerprint density at radius 2 is 1.71 bits per heavy atom. The van der Waals surface area contributed by atoms with Crippen LogP contribution in [0, 0.1) is 0 Å². The molecule has 0 amide bonds. The van der Waals surface area contributed by atoms with Gasteiger partial charge < -0.3 is 0 Å². The van der Waals surface area contributed by atoms with Crippen molar-refractivity contribution in [2.75, 3.05) is 0 Å². The minimum Gasteiger partial charge on any atom is -0.288 e. The standard InChI is InChI=1S/C18H11NOS/c20-18(16-11-13-5-1-2-9-15(13)21-16)14-8-3-6-12-7-4-10-19-17(12)14/h1-11H. The number of nitrogens with zero attached hydrogens (tertiary/aromatic N) is 1. The van der Waals surface area contributed by atoms with Gasteiger partial charge in [-0.05, 0) is 29.7 Å². The van der Waals surface area contributed by atoms with Crippen LogP contribution in [0.4, 0.5) is 0 Å². The summed E-state index contributed by atoms with van der Waals surface area (Å²) in [6.07, 6.45) is 1.73.